The van der Waals surface area contributed by atoms with Crippen LogP contribution in [0.4, 0.5) is 10.1 Å². The lowest BCUT2D eigenvalue weighted by atomic mass is 10.2. The minimum atomic E-state index is -3.87. The minimum absolute atomic E-state index is 0.0110. The van der Waals surface area contributed by atoms with Gasteiger partial charge in [0, 0.05) is 19.3 Å². The summed E-state index contributed by atoms with van der Waals surface area (Å²) in [5.74, 6) is -0.598. The predicted octanol–water partition coefficient (Wildman–Crippen LogP) is 2.30. The van der Waals surface area contributed by atoms with Crippen molar-refractivity contribution in [3.8, 4) is 6.07 Å². The smallest absolute Gasteiger partial charge is 0.267 e. The first-order valence-electron chi connectivity index (χ1n) is 6.50. The molecule has 0 aliphatic carbocycles. The van der Waals surface area contributed by atoms with Gasteiger partial charge in [-0.3, -0.25) is 8.99 Å². The minimum Gasteiger partial charge on any atom is -0.269 e. The summed E-state index contributed by atoms with van der Waals surface area (Å²) in [6.45, 7) is 3.75. The van der Waals surface area contributed by atoms with Gasteiger partial charge in [0.25, 0.3) is 10.0 Å². The second-order valence-corrected chi connectivity index (χ2v) is 6.96. The Labute approximate surface area is 128 Å². The van der Waals surface area contributed by atoms with Crippen molar-refractivity contribution in [2.24, 2.45) is 0 Å². The summed E-state index contributed by atoms with van der Waals surface area (Å²) in [6, 6.07) is 5.19. The Hall–Kier alpha value is -2.40. The number of sulfonamides is 1. The van der Waals surface area contributed by atoms with Crippen molar-refractivity contribution >= 4 is 15.7 Å². The van der Waals surface area contributed by atoms with Crippen LogP contribution < -0.4 is 4.31 Å². The van der Waals surface area contributed by atoms with Crippen LogP contribution in [-0.2, 0) is 10.0 Å². The van der Waals surface area contributed by atoms with E-state index >= 15 is 0 Å². The van der Waals surface area contributed by atoms with E-state index in [-0.39, 0.29) is 22.2 Å². The molecule has 0 saturated heterocycles. The van der Waals surface area contributed by atoms with Crippen LogP contribution in [0.2, 0.25) is 0 Å². The maximum Gasteiger partial charge on any atom is 0.267 e. The highest BCUT2D eigenvalue weighted by molar-refractivity contribution is 7.92. The standard InChI is InChI=1S/C14H15FN4O2S/c1-10(2)19-9-13(8-17-19)22(20,21)18(3)14-5-4-12(15)6-11(14)7-16/h4-6,8-10H,1-3H3. The Balaban J connectivity index is 2.47. The second-order valence-electron chi connectivity index (χ2n) is 5.00. The van der Waals surface area contributed by atoms with E-state index in [1.165, 1.54) is 30.2 Å². The summed E-state index contributed by atoms with van der Waals surface area (Å²) in [7, 11) is -2.56. The molecule has 0 atom stereocenters. The number of anilines is 1. The number of halogens is 1. The van der Waals surface area contributed by atoms with Crippen LogP contribution in [0.25, 0.3) is 0 Å². The summed E-state index contributed by atoms with van der Waals surface area (Å²) < 4.78 is 40.8. The monoisotopic (exact) mass is 322 g/mol. The lowest BCUT2D eigenvalue weighted by Crippen LogP contribution is -2.27. The normalized spacial score (nSPS) is 11.5. The molecule has 0 saturated carbocycles. The Morgan fingerprint density at radius 1 is 1.41 bits per heavy atom. The molecule has 22 heavy (non-hydrogen) atoms. The Bertz CT molecular complexity index is 837. The van der Waals surface area contributed by atoms with E-state index in [0.29, 0.717) is 0 Å². The van der Waals surface area contributed by atoms with Crippen molar-refractivity contribution < 1.29 is 12.8 Å². The molecule has 2 aromatic rings. The van der Waals surface area contributed by atoms with Crippen LogP contribution in [0.1, 0.15) is 25.5 Å². The zero-order chi connectivity index (χ0) is 16.5. The third-order valence-corrected chi connectivity index (χ3v) is 4.91. The fourth-order valence-electron chi connectivity index (χ4n) is 1.90. The maximum absolute atomic E-state index is 13.2. The van der Waals surface area contributed by atoms with Gasteiger partial charge in [0.1, 0.15) is 16.8 Å². The van der Waals surface area contributed by atoms with Crippen molar-refractivity contribution in [2.45, 2.75) is 24.8 Å². The molecule has 0 aliphatic rings. The molecule has 0 amide bonds. The molecule has 2 rings (SSSR count). The SMILES string of the molecule is CC(C)n1cc(S(=O)(=O)N(C)c2ccc(F)cc2C#N)cn1. The van der Waals surface area contributed by atoms with Gasteiger partial charge < -0.3 is 0 Å². The van der Waals surface area contributed by atoms with Gasteiger partial charge in [0.2, 0.25) is 0 Å². The molecule has 0 bridgehead atoms. The molecular weight excluding hydrogens is 307 g/mol. The van der Waals surface area contributed by atoms with E-state index < -0.39 is 15.8 Å². The topological polar surface area (TPSA) is 79.0 Å². The molecule has 8 heteroatoms. The highest BCUT2D eigenvalue weighted by Crippen LogP contribution is 2.26. The zero-order valence-corrected chi connectivity index (χ0v) is 13.2. The van der Waals surface area contributed by atoms with Crippen LogP contribution in [0, 0.1) is 17.1 Å². The average Bonchev–Trinajstić information content (AvgIpc) is 2.97. The lowest BCUT2D eigenvalue weighted by Gasteiger charge is -2.19. The Kier molecular flexibility index (Phi) is 4.19. The molecule has 0 unspecified atom stereocenters. The highest BCUT2D eigenvalue weighted by atomic mass is 32.2. The Morgan fingerprint density at radius 2 is 2.09 bits per heavy atom. The van der Waals surface area contributed by atoms with Crippen molar-refractivity contribution in [1.29, 1.82) is 5.26 Å². The number of rotatable bonds is 4. The van der Waals surface area contributed by atoms with E-state index in [2.05, 4.69) is 5.10 Å². The van der Waals surface area contributed by atoms with E-state index in [0.717, 1.165) is 16.4 Å². The summed E-state index contributed by atoms with van der Waals surface area (Å²) >= 11 is 0. The van der Waals surface area contributed by atoms with Crippen LogP contribution in [-0.4, -0.2) is 25.2 Å². The van der Waals surface area contributed by atoms with Crippen LogP contribution in [0.3, 0.4) is 0 Å². The first-order valence-corrected chi connectivity index (χ1v) is 7.94. The van der Waals surface area contributed by atoms with Gasteiger partial charge in [0.15, 0.2) is 0 Å². The molecule has 1 heterocycles. The van der Waals surface area contributed by atoms with Crippen molar-refractivity contribution in [2.75, 3.05) is 11.4 Å². The molecule has 116 valence electrons. The van der Waals surface area contributed by atoms with Crippen LogP contribution >= 0.6 is 0 Å². The summed E-state index contributed by atoms with van der Waals surface area (Å²) in [5.41, 5.74) is 0.0588. The number of nitriles is 1. The van der Waals surface area contributed by atoms with Gasteiger partial charge in [-0.15, -0.1) is 0 Å². The number of aromatic nitrogens is 2. The molecule has 1 aromatic carbocycles. The van der Waals surface area contributed by atoms with Gasteiger partial charge in [-0.1, -0.05) is 0 Å². The first-order chi connectivity index (χ1) is 10.3. The zero-order valence-electron chi connectivity index (χ0n) is 12.4. The van der Waals surface area contributed by atoms with E-state index in [1.54, 1.807) is 6.07 Å². The fourth-order valence-corrected chi connectivity index (χ4v) is 3.05. The van der Waals surface area contributed by atoms with Gasteiger partial charge in [0.05, 0.1) is 17.4 Å². The molecular formula is C14H15FN4O2S. The van der Waals surface area contributed by atoms with Crippen molar-refractivity contribution in [3.05, 3.63) is 42.0 Å². The van der Waals surface area contributed by atoms with Gasteiger partial charge in [-0.25, -0.2) is 12.8 Å². The van der Waals surface area contributed by atoms with Crippen molar-refractivity contribution in [3.63, 3.8) is 0 Å². The number of hydrogen-bond donors (Lipinski definition) is 0. The molecule has 0 N–H and O–H groups in total. The van der Waals surface area contributed by atoms with E-state index in [1.807, 2.05) is 13.8 Å². The predicted molar refractivity (Wildman–Crippen MR) is 79.3 cm³/mol. The third kappa shape index (κ3) is 2.80. The molecule has 0 radical (unpaired) electrons. The summed E-state index contributed by atoms with van der Waals surface area (Å²) in [5, 5.41) is 13.1. The number of hydrogen-bond acceptors (Lipinski definition) is 4. The highest BCUT2D eigenvalue weighted by Gasteiger charge is 2.25. The molecule has 0 fully saturated rings. The quantitative estimate of drug-likeness (QED) is 0.865. The van der Waals surface area contributed by atoms with E-state index in [4.69, 9.17) is 5.26 Å². The number of nitrogens with zero attached hydrogens (tertiary/aromatic N) is 4. The Morgan fingerprint density at radius 3 is 2.64 bits per heavy atom. The van der Waals surface area contributed by atoms with Crippen molar-refractivity contribution in [1.82, 2.24) is 9.78 Å². The van der Waals surface area contributed by atoms with Gasteiger partial charge in [-0.2, -0.15) is 10.4 Å². The molecule has 1 aromatic heterocycles. The summed E-state index contributed by atoms with van der Waals surface area (Å²) in [6.07, 6.45) is 2.67. The summed E-state index contributed by atoms with van der Waals surface area (Å²) in [4.78, 5) is 0.0110. The van der Waals surface area contributed by atoms with Gasteiger partial charge in [-0.05, 0) is 32.0 Å². The second kappa shape index (κ2) is 5.77. The van der Waals surface area contributed by atoms with Crippen LogP contribution in [0.5, 0.6) is 0 Å². The average molecular weight is 322 g/mol. The molecule has 0 aliphatic heterocycles. The molecule has 0 spiro atoms. The first kappa shape index (κ1) is 16.0. The fraction of sp³-hybridized carbons (Fsp3) is 0.286. The maximum atomic E-state index is 13.2. The van der Waals surface area contributed by atoms with Crippen LogP contribution in [0.15, 0.2) is 35.5 Å². The lowest BCUT2D eigenvalue weighted by molar-refractivity contribution is 0.531. The third-order valence-electron chi connectivity index (χ3n) is 3.18. The molecule has 6 nitrogen and oxygen atoms in total. The number of benzene rings is 1. The largest absolute Gasteiger partial charge is 0.269 e. The van der Waals surface area contributed by atoms with E-state index in [9.17, 15) is 12.8 Å². The van der Waals surface area contributed by atoms with Gasteiger partial charge >= 0.3 is 0 Å².